The van der Waals surface area contributed by atoms with E-state index in [1.807, 2.05) is 7.05 Å². The van der Waals surface area contributed by atoms with Crippen molar-refractivity contribution in [1.82, 2.24) is 14.1 Å². The van der Waals surface area contributed by atoms with Gasteiger partial charge in [0.05, 0.1) is 0 Å². The van der Waals surface area contributed by atoms with Gasteiger partial charge >= 0.3 is 0 Å². The van der Waals surface area contributed by atoms with Crippen LogP contribution < -0.4 is 0 Å². The number of carbonyl (C=O) groups is 1. The van der Waals surface area contributed by atoms with Gasteiger partial charge in [-0.1, -0.05) is 25.1 Å². The predicted octanol–water partition coefficient (Wildman–Crippen LogP) is 3.60. The number of nitrogens with zero attached hydrogens (tertiary/aromatic N) is 3. The second kappa shape index (κ2) is 5.44. The number of aryl methyl sites for hydroxylation is 2. The number of benzene rings is 1. The Bertz CT molecular complexity index is 841. The lowest BCUT2D eigenvalue weighted by molar-refractivity contribution is 0.0962. The Morgan fingerprint density at radius 1 is 1.27 bits per heavy atom. The van der Waals surface area contributed by atoms with Crippen LogP contribution in [0.3, 0.4) is 0 Å². The van der Waals surface area contributed by atoms with Crippen LogP contribution in [-0.2, 0) is 14.1 Å². The van der Waals surface area contributed by atoms with Crippen LogP contribution in [0.15, 0.2) is 36.7 Å². The van der Waals surface area contributed by atoms with Crippen molar-refractivity contribution in [2.24, 2.45) is 14.1 Å². The van der Waals surface area contributed by atoms with Crippen molar-refractivity contribution < 1.29 is 4.79 Å². The Balaban J connectivity index is 1.96. The Kier molecular flexibility index (Phi) is 3.61. The van der Waals surface area contributed by atoms with Gasteiger partial charge in [-0.3, -0.25) is 4.79 Å². The monoisotopic (exact) mass is 295 g/mol. The molecule has 3 rings (SSSR count). The lowest BCUT2D eigenvalue weighted by Gasteiger charge is -2.12. The molecule has 4 nitrogen and oxygen atoms in total. The van der Waals surface area contributed by atoms with Crippen molar-refractivity contribution in [2.45, 2.75) is 26.2 Å². The Labute approximate surface area is 130 Å². The van der Waals surface area contributed by atoms with Crippen molar-refractivity contribution in [3.8, 4) is 0 Å². The molecular weight excluding hydrogens is 274 g/mol. The molecule has 2 heterocycles. The summed E-state index contributed by atoms with van der Waals surface area (Å²) in [5.74, 6) is 0.785. The van der Waals surface area contributed by atoms with Crippen molar-refractivity contribution >= 4 is 16.7 Å². The van der Waals surface area contributed by atoms with E-state index in [1.165, 1.54) is 22.2 Å². The summed E-state index contributed by atoms with van der Waals surface area (Å²) < 4.78 is 3.98. The number of Topliss-reactive ketones (excluding diaryl/α,β-unsaturated/α-hetero) is 1. The molecule has 22 heavy (non-hydrogen) atoms. The Morgan fingerprint density at radius 3 is 2.68 bits per heavy atom. The summed E-state index contributed by atoms with van der Waals surface area (Å²) >= 11 is 0. The molecule has 114 valence electrons. The van der Waals surface area contributed by atoms with Crippen molar-refractivity contribution in [2.75, 3.05) is 0 Å². The predicted molar refractivity (Wildman–Crippen MR) is 88.2 cm³/mol. The lowest BCUT2D eigenvalue weighted by atomic mass is 9.93. The normalized spacial score (nSPS) is 12.7. The van der Waals surface area contributed by atoms with Crippen molar-refractivity contribution in [1.29, 1.82) is 0 Å². The highest BCUT2D eigenvalue weighted by Crippen LogP contribution is 2.33. The summed E-state index contributed by atoms with van der Waals surface area (Å²) in [6.45, 7) is 4.24. The molecule has 0 aliphatic rings. The van der Waals surface area contributed by atoms with E-state index in [0.29, 0.717) is 12.2 Å². The van der Waals surface area contributed by atoms with E-state index in [4.69, 9.17) is 0 Å². The highest BCUT2D eigenvalue weighted by atomic mass is 16.1. The van der Waals surface area contributed by atoms with Gasteiger partial charge in [0, 0.05) is 49.5 Å². The summed E-state index contributed by atoms with van der Waals surface area (Å²) in [4.78, 5) is 16.6. The van der Waals surface area contributed by atoms with Crippen LogP contribution in [-0.4, -0.2) is 19.9 Å². The molecule has 0 aliphatic carbocycles. The maximum atomic E-state index is 12.5. The molecule has 0 N–H and O–H groups in total. The minimum atomic E-state index is 0.0901. The van der Waals surface area contributed by atoms with Crippen LogP contribution in [0.25, 0.3) is 10.9 Å². The van der Waals surface area contributed by atoms with Gasteiger partial charge in [-0.05, 0) is 24.5 Å². The van der Waals surface area contributed by atoms with E-state index < -0.39 is 0 Å². The average molecular weight is 295 g/mol. The second-order valence-corrected chi connectivity index (χ2v) is 5.97. The zero-order valence-corrected chi connectivity index (χ0v) is 13.5. The first-order chi connectivity index (χ1) is 10.5. The van der Waals surface area contributed by atoms with Gasteiger partial charge in [0.25, 0.3) is 0 Å². The number of aromatic nitrogens is 3. The maximum absolute atomic E-state index is 12.5. The van der Waals surface area contributed by atoms with E-state index in [0.717, 1.165) is 0 Å². The third-order valence-corrected chi connectivity index (χ3v) is 4.50. The number of carbonyl (C=O) groups excluding carboxylic acids is 1. The first-order valence-electron chi connectivity index (χ1n) is 7.55. The first kappa shape index (κ1) is 14.6. The van der Waals surface area contributed by atoms with Gasteiger partial charge in [-0.2, -0.15) is 0 Å². The van der Waals surface area contributed by atoms with Crippen LogP contribution in [0.1, 0.15) is 41.1 Å². The van der Waals surface area contributed by atoms with Gasteiger partial charge < -0.3 is 9.13 Å². The largest absolute Gasteiger partial charge is 0.348 e. The topological polar surface area (TPSA) is 39.8 Å². The molecule has 0 saturated heterocycles. The molecule has 0 amide bonds. The molecule has 0 bridgehead atoms. The second-order valence-electron chi connectivity index (χ2n) is 5.97. The highest BCUT2D eigenvalue weighted by molar-refractivity contribution is 5.94. The summed E-state index contributed by atoms with van der Waals surface area (Å²) in [6, 6.07) is 8.37. The van der Waals surface area contributed by atoms with Gasteiger partial charge in [-0.25, -0.2) is 4.98 Å². The van der Waals surface area contributed by atoms with Crippen LogP contribution in [0.2, 0.25) is 0 Å². The first-order valence-corrected chi connectivity index (χ1v) is 7.55. The molecule has 1 atom stereocenters. The smallest absolute Gasteiger partial charge is 0.198 e. The Morgan fingerprint density at radius 2 is 2.00 bits per heavy atom. The molecule has 2 aromatic heterocycles. The molecule has 0 saturated carbocycles. The molecule has 0 aliphatic heterocycles. The molecule has 0 fully saturated rings. The van der Waals surface area contributed by atoms with Gasteiger partial charge in [0.15, 0.2) is 11.6 Å². The number of ketones is 1. The fourth-order valence-corrected chi connectivity index (χ4v) is 3.28. The van der Waals surface area contributed by atoms with E-state index in [9.17, 15) is 4.79 Å². The van der Waals surface area contributed by atoms with Crippen LogP contribution in [0.4, 0.5) is 0 Å². The van der Waals surface area contributed by atoms with Gasteiger partial charge in [-0.15, -0.1) is 0 Å². The van der Waals surface area contributed by atoms with Crippen molar-refractivity contribution in [3.63, 3.8) is 0 Å². The fraction of sp³-hybridized carbons (Fsp3) is 0.333. The van der Waals surface area contributed by atoms with E-state index in [1.54, 1.807) is 17.0 Å². The quantitative estimate of drug-likeness (QED) is 0.690. The van der Waals surface area contributed by atoms with Gasteiger partial charge in [0.1, 0.15) is 0 Å². The number of hydrogen-bond donors (Lipinski definition) is 0. The summed E-state index contributed by atoms with van der Waals surface area (Å²) in [5.41, 5.74) is 3.70. The molecule has 1 aromatic carbocycles. The zero-order valence-electron chi connectivity index (χ0n) is 13.5. The number of rotatable bonds is 4. The third kappa shape index (κ3) is 2.25. The number of hydrogen-bond acceptors (Lipinski definition) is 2. The van der Waals surface area contributed by atoms with E-state index in [2.05, 4.69) is 54.7 Å². The number of fused-ring (bicyclic) bond motifs is 1. The zero-order chi connectivity index (χ0) is 15.9. The van der Waals surface area contributed by atoms with Crippen molar-refractivity contribution in [3.05, 3.63) is 53.7 Å². The number of imidazole rings is 1. The maximum Gasteiger partial charge on any atom is 0.198 e. The molecule has 0 radical (unpaired) electrons. The lowest BCUT2D eigenvalue weighted by Crippen LogP contribution is -2.11. The molecule has 4 heteroatoms. The molecular formula is C18H21N3O. The molecule has 0 unspecified atom stereocenters. The molecule has 0 spiro atoms. The fourth-order valence-electron chi connectivity index (χ4n) is 3.28. The standard InChI is InChI=1S/C18H21N3O/c1-12(11-16(22)18-19-9-10-20(18)3)17-13(2)21(4)15-8-6-5-7-14(15)17/h5-10,12H,11H2,1-4H3/t12-/m1/s1. The highest BCUT2D eigenvalue weighted by Gasteiger charge is 2.21. The van der Waals surface area contributed by atoms with Crippen LogP contribution >= 0.6 is 0 Å². The SMILES string of the molecule is Cc1c([C@H](C)CC(=O)c2nccn2C)c2ccccc2n1C. The van der Waals surface area contributed by atoms with E-state index in [-0.39, 0.29) is 11.7 Å². The minimum absolute atomic E-state index is 0.0901. The summed E-state index contributed by atoms with van der Waals surface area (Å²) in [7, 11) is 3.93. The minimum Gasteiger partial charge on any atom is -0.348 e. The van der Waals surface area contributed by atoms with Crippen LogP contribution in [0.5, 0.6) is 0 Å². The van der Waals surface area contributed by atoms with E-state index >= 15 is 0 Å². The summed E-state index contributed by atoms with van der Waals surface area (Å²) in [6.07, 6.45) is 3.95. The van der Waals surface area contributed by atoms with Crippen LogP contribution in [0, 0.1) is 6.92 Å². The average Bonchev–Trinajstić information content (AvgIpc) is 3.02. The summed E-state index contributed by atoms with van der Waals surface area (Å²) in [5, 5.41) is 1.24. The Hall–Kier alpha value is -2.36. The number of para-hydroxylation sites is 1. The third-order valence-electron chi connectivity index (χ3n) is 4.50. The molecule has 3 aromatic rings. The van der Waals surface area contributed by atoms with Gasteiger partial charge in [0.2, 0.25) is 0 Å².